The summed E-state index contributed by atoms with van der Waals surface area (Å²) in [6.07, 6.45) is 6.52. The van der Waals surface area contributed by atoms with Crippen LogP contribution in [0.2, 0.25) is 0 Å². The first-order valence-corrected chi connectivity index (χ1v) is 11.6. The van der Waals surface area contributed by atoms with Crippen molar-refractivity contribution >= 4 is 15.7 Å². The van der Waals surface area contributed by atoms with Crippen molar-refractivity contribution in [3.05, 3.63) is 64.8 Å². The summed E-state index contributed by atoms with van der Waals surface area (Å²) >= 11 is 0. The Balaban J connectivity index is 1.63. The summed E-state index contributed by atoms with van der Waals surface area (Å²) in [5.41, 5.74) is 2.76. The van der Waals surface area contributed by atoms with Gasteiger partial charge in [-0.05, 0) is 37.0 Å². The summed E-state index contributed by atoms with van der Waals surface area (Å²) in [6.45, 7) is 4.70. The van der Waals surface area contributed by atoms with E-state index in [0.29, 0.717) is 42.1 Å². The monoisotopic (exact) mass is 437 g/mol. The third-order valence-corrected chi connectivity index (χ3v) is 6.92. The number of sulfonamides is 1. The van der Waals surface area contributed by atoms with Gasteiger partial charge < -0.3 is 4.57 Å². The fraction of sp³-hybridized carbons (Fsp3) is 0.318. The maximum atomic E-state index is 12.2. The van der Waals surface area contributed by atoms with Crippen LogP contribution in [0.4, 0.5) is 5.69 Å². The fourth-order valence-corrected chi connectivity index (χ4v) is 4.75. The van der Waals surface area contributed by atoms with E-state index in [1.54, 1.807) is 46.0 Å². The van der Waals surface area contributed by atoms with Crippen LogP contribution in [-0.2, 0) is 16.6 Å². The van der Waals surface area contributed by atoms with Gasteiger partial charge in [0.1, 0.15) is 0 Å². The zero-order valence-electron chi connectivity index (χ0n) is 17.3. The average Bonchev–Trinajstić information content (AvgIpc) is 3.48. The highest BCUT2D eigenvalue weighted by Crippen LogP contribution is 2.31. The number of anilines is 1. The van der Waals surface area contributed by atoms with Gasteiger partial charge in [-0.3, -0.25) is 9.52 Å². The predicted molar refractivity (Wildman–Crippen MR) is 118 cm³/mol. The molecule has 3 aromatic rings. The van der Waals surface area contributed by atoms with Gasteiger partial charge in [-0.1, -0.05) is 19.9 Å². The largest absolute Gasteiger partial charge is 0.313 e. The van der Waals surface area contributed by atoms with Crippen LogP contribution in [0.15, 0.2) is 53.7 Å². The molecule has 1 aromatic carbocycles. The highest BCUT2D eigenvalue weighted by atomic mass is 32.2. The molecule has 1 aliphatic rings. The first-order valence-electron chi connectivity index (χ1n) is 10.1. The minimum absolute atomic E-state index is 0.0687. The standard InChI is InChI=1S/C22H23N5O3S/c1-15(2)12-26-14-19(4-8-22(26)28)27-13-17(11-24-27)21-7-3-18(9-16(21)10-23)25-31(29,30)20-5-6-20/h3-4,7-9,11,13-15,20,25H,5-6,12H2,1-2H3. The van der Waals surface area contributed by atoms with Crippen LogP contribution in [-0.4, -0.2) is 28.0 Å². The fourth-order valence-electron chi connectivity index (χ4n) is 3.37. The second-order valence-electron chi connectivity index (χ2n) is 8.16. The SMILES string of the molecule is CC(C)Cn1cc(-n2cc(-c3ccc(NS(=O)(=O)C4CC4)cc3C#N)cn2)ccc1=O. The number of pyridine rings is 1. The molecule has 160 valence electrons. The Morgan fingerprint density at radius 1 is 1.23 bits per heavy atom. The zero-order chi connectivity index (χ0) is 22.2. The summed E-state index contributed by atoms with van der Waals surface area (Å²) in [5, 5.41) is 13.6. The molecule has 2 aromatic heterocycles. The van der Waals surface area contributed by atoms with E-state index < -0.39 is 10.0 Å². The van der Waals surface area contributed by atoms with E-state index in [1.165, 1.54) is 12.1 Å². The van der Waals surface area contributed by atoms with Crippen LogP contribution in [0.25, 0.3) is 16.8 Å². The number of aromatic nitrogens is 3. The van der Waals surface area contributed by atoms with Crippen molar-refractivity contribution in [1.82, 2.24) is 14.3 Å². The second-order valence-corrected chi connectivity index (χ2v) is 10.1. The molecule has 4 rings (SSSR count). The predicted octanol–water partition coefficient (Wildman–Crippen LogP) is 3.13. The topological polar surface area (TPSA) is 110 Å². The molecule has 0 amide bonds. The molecule has 0 atom stereocenters. The molecule has 9 heteroatoms. The minimum atomic E-state index is -3.39. The maximum Gasteiger partial charge on any atom is 0.250 e. The summed E-state index contributed by atoms with van der Waals surface area (Å²) in [7, 11) is -3.39. The first-order chi connectivity index (χ1) is 14.8. The lowest BCUT2D eigenvalue weighted by Gasteiger charge is -2.10. The van der Waals surface area contributed by atoms with Gasteiger partial charge in [0.15, 0.2) is 0 Å². The Hall–Kier alpha value is -3.38. The zero-order valence-corrected chi connectivity index (χ0v) is 18.1. The third-order valence-electron chi connectivity index (χ3n) is 5.05. The highest BCUT2D eigenvalue weighted by Gasteiger charge is 2.35. The number of nitriles is 1. The van der Waals surface area contributed by atoms with Crippen molar-refractivity contribution in [2.45, 2.75) is 38.5 Å². The van der Waals surface area contributed by atoms with Crippen LogP contribution in [0.3, 0.4) is 0 Å². The van der Waals surface area contributed by atoms with Gasteiger partial charge >= 0.3 is 0 Å². The molecule has 2 heterocycles. The van der Waals surface area contributed by atoms with Crippen LogP contribution in [0.5, 0.6) is 0 Å². The Labute approximate surface area is 180 Å². The smallest absolute Gasteiger partial charge is 0.250 e. The summed E-state index contributed by atoms with van der Waals surface area (Å²) < 4.78 is 30.2. The van der Waals surface area contributed by atoms with Crippen molar-refractivity contribution < 1.29 is 8.42 Å². The lowest BCUT2D eigenvalue weighted by atomic mass is 10.0. The van der Waals surface area contributed by atoms with E-state index >= 15 is 0 Å². The van der Waals surface area contributed by atoms with Gasteiger partial charge in [-0.25, -0.2) is 13.1 Å². The van der Waals surface area contributed by atoms with Gasteiger partial charge in [0, 0.05) is 41.8 Å². The van der Waals surface area contributed by atoms with Crippen LogP contribution < -0.4 is 10.3 Å². The van der Waals surface area contributed by atoms with Gasteiger partial charge in [0.2, 0.25) is 10.0 Å². The van der Waals surface area contributed by atoms with Crippen LogP contribution >= 0.6 is 0 Å². The Kier molecular flexibility index (Phi) is 5.41. The molecule has 0 spiro atoms. The maximum absolute atomic E-state index is 12.2. The lowest BCUT2D eigenvalue weighted by molar-refractivity contribution is 0.509. The Bertz CT molecular complexity index is 1330. The first kappa shape index (κ1) is 20.9. The van der Waals surface area contributed by atoms with Crippen molar-refractivity contribution in [3.8, 4) is 22.9 Å². The molecule has 0 unspecified atom stereocenters. The van der Waals surface area contributed by atoms with E-state index in [1.807, 2.05) is 13.8 Å². The lowest BCUT2D eigenvalue weighted by Crippen LogP contribution is -2.21. The third kappa shape index (κ3) is 4.54. The van der Waals surface area contributed by atoms with E-state index in [-0.39, 0.29) is 10.8 Å². The molecule has 1 saturated carbocycles. The normalized spacial score (nSPS) is 13.9. The van der Waals surface area contributed by atoms with Crippen molar-refractivity contribution in [2.75, 3.05) is 4.72 Å². The van der Waals surface area contributed by atoms with E-state index in [0.717, 1.165) is 11.3 Å². The van der Waals surface area contributed by atoms with E-state index in [9.17, 15) is 18.5 Å². The number of hydrogen-bond donors (Lipinski definition) is 1. The van der Waals surface area contributed by atoms with Crippen molar-refractivity contribution in [1.29, 1.82) is 5.26 Å². The molecule has 31 heavy (non-hydrogen) atoms. The Morgan fingerprint density at radius 3 is 2.68 bits per heavy atom. The number of rotatable bonds is 7. The molecule has 1 aliphatic carbocycles. The number of hydrogen-bond acceptors (Lipinski definition) is 5. The molecule has 0 saturated heterocycles. The minimum Gasteiger partial charge on any atom is -0.313 e. The molecular formula is C22H23N5O3S. The molecule has 8 nitrogen and oxygen atoms in total. The highest BCUT2D eigenvalue weighted by molar-refractivity contribution is 7.93. The summed E-state index contributed by atoms with van der Waals surface area (Å²) in [4.78, 5) is 12.1. The molecule has 0 radical (unpaired) electrons. The van der Waals surface area contributed by atoms with E-state index in [2.05, 4.69) is 15.9 Å². The average molecular weight is 438 g/mol. The van der Waals surface area contributed by atoms with Gasteiger partial charge in [-0.2, -0.15) is 10.4 Å². The molecule has 0 bridgehead atoms. The molecule has 1 N–H and O–H groups in total. The Morgan fingerprint density at radius 2 is 2.00 bits per heavy atom. The number of nitrogens with one attached hydrogen (secondary N) is 1. The van der Waals surface area contributed by atoms with Crippen LogP contribution in [0, 0.1) is 17.2 Å². The molecule has 0 aliphatic heterocycles. The molecule has 1 fully saturated rings. The summed E-state index contributed by atoms with van der Waals surface area (Å²) in [5.74, 6) is 0.329. The van der Waals surface area contributed by atoms with Gasteiger partial charge in [0.05, 0.1) is 28.8 Å². The van der Waals surface area contributed by atoms with Gasteiger partial charge in [-0.15, -0.1) is 0 Å². The second kappa shape index (κ2) is 8.04. The molecular weight excluding hydrogens is 414 g/mol. The number of benzene rings is 1. The van der Waals surface area contributed by atoms with Crippen molar-refractivity contribution in [3.63, 3.8) is 0 Å². The number of nitrogens with zero attached hydrogens (tertiary/aromatic N) is 4. The van der Waals surface area contributed by atoms with Crippen LogP contribution in [0.1, 0.15) is 32.3 Å². The van der Waals surface area contributed by atoms with Gasteiger partial charge in [0.25, 0.3) is 5.56 Å². The summed E-state index contributed by atoms with van der Waals surface area (Å²) in [6, 6.07) is 10.3. The quantitative estimate of drug-likeness (QED) is 0.611. The van der Waals surface area contributed by atoms with Crippen molar-refractivity contribution in [2.24, 2.45) is 5.92 Å². The van der Waals surface area contributed by atoms with E-state index in [4.69, 9.17) is 0 Å².